The Bertz CT molecular complexity index is 826. The number of ether oxygens (including phenoxy) is 1. The van der Waals surface area contributed by atoms with Gasteiger partial charge in [0.05, 0.1) is 12.0 Å². The second-order valence-electron chi connectivity index (χ2n) is 5.38. The van der Waals surface area contributed by atoms with Crippen LogP contribution in [0.1, 0.15) is 16.9 Å². The van der Waals surface area contributed by atoms with E-state index in [1.165, 1.54) is 23.1 Å². The zero-order valence-electron chi connectivity index (χ0n) is 13.7. The van der Waals surface area contributed by atoms with Gasteiger partial charge in [0.2, 0.25) is 0 Å². The number of nitrogens with one attached hydrogen (secondary N) is 1. The Balaban J connectivity index is 1.91. The topological polar surface area (TPSA) is 69.3 Å². The minimum Gasteiger partial charge on any atom is -0.463 e. The molecule has 6 nitrogen and oxygen atoms in total. The standard InChI is InChI=1S/C18H18FN3O3/c1-24-10-3-9-20-18(23)16-12-15(17-4-2-11-25-17)21-22(16)14-7-5-13(19)6-8-14/h2,4-8,11-12H,3,9-10H2,1H3,(H,20,23). The fraction of sp³-hybridized carbons (Fsp3) is 0.222. The van der Waals surface area contributed by atoms with Crippen LogP contribution in [0.5, 0.6) is 0 Å². The highest BCUT2D eigenvalue weighted by Gasteiger charge is 2.18. The molecule has 0 unspecified atom stereocenters. The van der Waals surface area contributed by atoms with Gasteiger partial charge < -0.3 is 14.5 Å². The van der Waals surface area contributed by atoms with Crippen molar-refractivity contribution in [2.75, 3.05) is 20.3 Å². The minimum absolute atomic E-state index is 0.272. The van der Waals surface area contributed by atoms with E-state index < -0.39 is 0 Å². The number of furan rings is 1. The van der Waals surface area contributed by atoms with Crippen molar-refractivity contribution in [3.8, 4) is 17.1 Å². The normalized spacial score (nSPS) is 10.8. The van der Waals surface area contributed by atoms with Crippen molar-refractivity contribution in [1.82, 2.24) is 15.1 Å². The molecule has 130 valence electrons. The number of aromatic nitrogens is 2. The number of hydrogen-bond donors (Lipinski definition) is 1. The van der Waals surface area contributed by atoms with Crippen LogP contribution >= 0.6 is 0 Å². The number of hydrogen-bond acceptors (Lipinski definition) is 4. The molecule has 3 aromatic rings. The summed E-state index contributed by atoms with van der Waals surface area (Å²) < 4.78 is 25.0. The second kappa shape index (κ2) is 7.76. The Hall–Kier alpha value is -2.93. The molecule has 0 atom stereocenters. The predicted molar refractivity (Wildman–Crippen MR) is 90.1 cm³/mol. The summed E-state index contributed by atoms with van der Waals surface area (Å²) in [5.74, 6) is -0.0761. The maximum atomic E-state index is 13.2. The van der Waals surface area contributed by atoms with Gasteiger partial charge in [0.15, 0.2) is 5.76 Å². The average Bonchev–Trinajstić information content (AvgIpc) is 3.28. The maximum absolute atomic E-state index is 13.2. The first-order valence-corrected chi connectivity index (χ1v) is 7.86. The van der Waals surface area contributed by atoms with Crippen LogP contribution in [0.2, 0.25) is 0 Å². The monoisotopic (exact) mass is 343 g/mol. The molecule has 0 fully saturated rings. The Morgan fingerprint density at radius 1 is 1.32 bits per heavy atom. The number of rotatable bonds is 7. The minimum atomic E-state index is -0.354. The van der Waals surface area contributed by atoms with Gasteiger partial charge in [-0.15, -0.1) is 0 Å². The van der Waals surface area contributed by atoms with Gasteiger partial charge in [-0.3, -0.25) is 4.79 Å². The van der Waals surface area contributed by atoms with Crippen LogP contribution in [0.15, 0.2) is 53.1 Å². The van der Waals surface area contributed by atoms with Crippen LogP contribution in [0.25, 0.3) is 17.1 Å². The number of halogens is 1. The van der Waals surface area contributed by atoms with E-state index >= 15 is 0 Å². The molecule has 1 aromatic carbocycles. The van der Waals surface area contributed by atoms with E-state index in [2.05, 4.69) is 10.4 Å². The lowest BCUT2D eigenvalue weighted by atomic mass is 10.2. The molecule has 7 heteroatoms. The van der Waals surface area contributed by atoms with Crippen molar-refractivity contribution >= 4 is 5.91 Å². The van der Waals surface area contributed by atoms with Gasteiger partial charge in [-0.2, -0.15) is 5.10 Å². The Kier molecular flexibility index (Phi) is 5.25. The summed E-state index contributed by atoms with van der Waals surface area (Å²) in [6.45, 7) is 1.05. The Morgan fingerprint density at radius 2 is 2.12 bits per heavy atom. The van der Waals surface area contributed by atoms with Gasteiger partial charge in [-0.25, -0.2) is 9.07 Å². The molecule has 2 aromatic heterocycles. The molecular formula is C18H18FN3O3. The molecule has 0 aliphatic carbocycles. The highest BCUT2D eigenvalue weighted by atomic mass is 19.1. The van der Waals surface area contributed by atoms with E-state index in [4.69, 9.17) is 9.15 Å². The number of nitrogens with zero attached hydrogens (tertiary/aromatic N) is 2. The molecule has 3 rings (SSSR count). The third-order valence-electron chi connectivity index (χ3n) is 3.60. The van der Waals surface area contributed by atoms with Gasteiger partial charge in [-0.1, -0.05) is 0 Å². The molecule has 1 amide bonds. The van der Waals surface area contributed by atoms with Crippen molar-refractivity contribution in [2.45, 2.75) is 6.42 Å². The zero-order chi connectivity index (χ0) is 17.6. The molecule has 0 spiro atoms. The van der Waals surface area contributed by atoms with Gasteiger partial charge in [-0.05, 0) is 42.8 Å². The van der Waals surface area contributed by atoms with Crippen molar-refractivity contribution in [3.63, 3.8) is 0 Å². The Morgan fingerprint density at radius 3 is 2.80 bits per heavy atom. The van der Waals surface area contributed by atoms with Crippen LogP contribution in [0, 0.1) is 5.82 Å². The molecule has 1 N–H and O–H groups in total. The largest absolute Gasteiger partial charge is 0.463 e. The SMILES string of the molecule is COCCCNC(=O)c1cc(-c2ccco2)nn1-c1ccc(F)cc1. The molecule has 25 heavy (non-hydrogen) atoms. The summed E-state index contributed by atoms with van der Waals surface area (Å²) in [6, 6.07) is 10.9. The van der Waals surface area contributed by atoms with Crippen LogP contribution in [0.3, 0.4) is 0 Å². The summed E-state index contributed by atoms with van der Waals surface area (Å²) in [6.07, 6.45) is 2.24. The average molecular weight is 343 g/mol. The molecular weight excluding hydrogens is 325 g/mol. The molecule has 0 saturated heterocycles. The van der Waals surface area contributed by atoms with Gasteiger partial charge in [0.25, 0.3) is 5.91 Å². The van der Waals surface area contributed by atoms with Gasteiger partial charge in [0, 0.05) is 26.3 Å². The third kappa shape index (κ3) is 3.95. The van der Waals surface area contributed by atoms with Gasteiger partial charge in [0.1, 0.15) is 17.2 Å². The summed E-state index contributed by atoms with van der Waals surface area (Å²) in [5, 5.41) is 7.26. The van der Waals surface area contributed by atoms with E-state index in [0.29, 0.717) is 42.4 Å². The number of carbonyl (C=O) groups excluding carboxylic acids is 1. The summed E-state index contributed by atoms with van der Waals surface area (Å²) >= 11 is 0. The van der Waals surface area contributed by atoms with Gasteiger partial charge >= 0.3 is 0 Å². The van der Waals surface area contributed by atoms with Crippen molar-refractivity contribution in [1.29, 1.82) is 0 Å². The third-order valence-corrected chi connectivity index (χ3v) is 3.60. The quantitative estimate of drug-likeness (QED) is 0.670. The first-order valence-electron chi connectivity index (χ1n) is 7.86. The van der Waals surface area contributed by atoms with Crippen LogP contribution in [0.4, 0.5) is 4.39 Å². The maximum Gasteiger partial charge on any atom is 0.270 e. The molecule has 0 aliphatic heterocycles. The smallest absolute Gasteiger partial charge is 0.270 e. The van der Waals surface area contributed by atoms with E-state index in [1.807, 2.05) is 0 Å². The number of amides is 1. The Labute approximate surface area is 144 Å². The van der Waals surface area contributed by atoms with E-state index in [1.54, 1.807) is 37.4 Å². The number of benzene rings is 1. The first-order chi connectivity index (χ1) is 12.2. The van der Waals surface area contributed by atoms with Crippen molar-refractivity contribution < 1.29 is 18.3 Å². The predicted octanol–water partition coefficient (Wildman–Crippen LogP) is 3.04. The summed E-state index contributed by atoms with van der Waals surface area (Å²) in [4.78, 5) is 12.5. The fourth-order valence-electron chi connectivity index (χ4n) is 2.38. The van der Waals surface area contributed by atoms with Crippen LogP contribution in [-0.4, -0.2) is 35.9 Å². The van der Waals surface area contributed by atoms with Crippen molar-refractivity contribution in [2.24, 2.45) is 0 Å². The zero-order valence-corrected chi connectivity index (χ0v) is 13.7. The fourth-order valence-corrected chi connectivity index (χ4v) is 2.38. The highest BCUT2D eigenvalue weighted by Crippen LogP contribution is 2.22. The lowest BCUT2D eigenvalue weighted by Crippen LogP contribution is -2.27. The van der Waals surface area contributed by atoms with E-state index in [0.717, 1.165) is 0 Å². The highest BCUT2D eigenvalue weighted by molar-refractivity contribution is 5.94. The van der Waals surface area contributed by atoms with Crippen LogP contribution < -0.4 is 5.32 Å². The number of methoxy groups -OCH3 is 1. The van der Waals surface area contributed by atoms with Crippen molar-refractivity contribution in [3.05, 3.63) is 60.2 Å². The summed E-state index contributed by atoms with van der Waals surface area (Å²) in [5.41, 5.74) is 1.45. The molecule has 0 aliphatic rings. The molecule has 0 saturated carbocycles. The summed E-state index contributed by atoms with van der Waals surface area (Å²) in [7, 11) is 1.61. The first kappa shape index (κ1) is 16.9. The van der Waals surface area contributed by atoms with E-state index in [-0.39, 0.29) is 11.7 Å². The second-order valence-corrected chi connectivity index (χ2v) is 5.38. The number of carbonyl (C=O) groups is 1. The molecule has 0 bridgehead atoms. The molecule has 0 radical (unpaired) electrons. The van der Waals surface area contributed by atoms with E-state index in [9.17, 15) is 9.18 Å². The molecule has 2 heterocycles. The lowest BCUT2D eigenvalue weighted by molar-refractivity contribution is 0.0941. The lowest BCUT2D eigenvalue weighted by Gasteiger charge is -2.08. The van der Waals surface area contributed by atoms with Crippen LogP contribution in [-0.2, 0) is 4.74 Å².